The predicted molar refractivity (Wildman–Crippen MR) is 76.7 cm³/mol. The maximum Gasteiger partial charge on any atom is 0.0860 e. The second-order valence-corrected chi connectivity index (χ2v) is 6.43. The molecule has 0 radical (unpaired) electrons. The largest absolute Gasteiger partial charge is 0.388 e. The Morgan fingerprint density at radius 1 is 1.00 bits per heavy atom. The van der Waals surface area contributed by atoms with Crippen LogP contribution in [-0.4, -0.2) is 35.2 Å². The van der Waals surface area contributed by atoms with Crippen molar-refractivity contribution >= 4 is 0 Å². The third kappa shape index (κ3) is 2.95. The van der Waals surface area contributed by atoms with Gasteiger partial charge in [0.1, 0.15) is 0 Å². The zero-order valence-corrected chi connectivity index (χ0v) is 12.3. The molecule has 1 saturated carbocycles. The zero-order valence-electron chi connectivity index (χ0n) is 12.3. The van der Waals surface area contributed by atoms with Crippen LogP contribution in [0.25, 0.3) is 0 Å². The van der Waals surface area contributed by atoms with Crippen LogP contribution in [0.15, 0.2) is 0 Å². The minimum absolute atomic E-state index is 0.479. The summed E-state index contributed by atoms with van der Waals surface area (Å²) in [6, 6.07) is 2.56. The molecule has 3 heteroatoms. The molecule has 0 amide bonds. The molecule has 2 aliphatic rings. The third-order valence-electron chi connectivity index (χ3n) is 5.42. The van der Waals surface area contributed by atoms with Crippen LogP contribution in [0.4, 0.5) is 0 Å². The molecule has 1 unspecified atom stereocenters. The zero-order chi connectivity index (χ0) is 13.8. The van der Waals surface area contributed by atoms with Crippen LogP contribution in [0.5, 0.6) is 0 Å². The van der Waals surface area contributed by atoms with Crippen molar-refractivity contribution in [1.29, 1.82) is 5.26 Å². The lowest BCUT2D eigenvalue weighted by atomic mass is 9.65. The molecule has 2 fully saturated rings. The Labute approximate surface area is 117 Å². The number of rotatable bonds is 2. The van der Waals surface area contributed by atoms with Crippen LogP contribution in [0.2, 0.25) is 0 Å². The molecule has 3 nitrogen and oxygen atoms in total. The van der Waals surface area contributed by atoms with Gasteiger partial charge in [-0.25, -0.2) is 0 Å². The van der Waals surface area contributed by atoms with Gasteiger partial charge in [-0.05, 0) is 45.2 Å². The first-order chi connectivity index (χ1) is 9.16. The Hall–Kier alpha value is -0.590. The summed E-state index contributed by atoms with van der Waals surface area (Å²) in [7, 11) is 0. The molecule has 0 aromatic heterocycles. The molecular formula is C16H28N2O. The van der Waals surface area contributed by atoms with E-state index in [1.807, 2.05) is 0 Å². The number of likely N-dealkylation sites (tertiary alicyclic amines) is 1. The maximum absolute atomic E-state index is 11.2. The average Bonchev–Trinajstić information content (AvgIpc) is 2.78. The highest BCUT2D eigenvalue weighted by atomic mass is 16.3. The lowest BCUT2D eigenvalue weighted by Gasteiger charge is -2.42. The summed E-state index contributed by atoms with van der Waals surface area (Å²) in [5, 5.41) is 21.0. The highest BCUT2D eigenvalue weighted by Crippen LogP contribution is 2.48. The Morgan fingerprint density at radius 3 is 2.26 bits per heavy atom. The van der Waals surface area contributed by atoms with E-state index in [1.165, 1.54) is 12.8 Å². The summed E-state index contributed by atoms with van der Waals surface area (Å²) in [6.45, 7) is 5.24. The van der Waals surface area contributed by atoms with E-state index in [2.05, 4.69) is 17.9 Å². The summed E-state index contributed by atoms with van der Waals surface area (Å²) in [6.07, 6.45) is 9.04. The first-order valence-electron chi connectivity index (χ1n) is 8.02. The summed E-state index contributed by atoms with van der Waals surface area (Å²) in [5.41, 5.74) is -1.23. The number of nitrogens with zero attached hydrogens (tertiary/aromatic N) is 2. The van der Waals surface area contributed by atoms with Gasteiger partial charge < -0.3 is 10.0 Å². The second-order valence-electron chi connectivity index (χ2n) is 6.43. The molecule has 1 atom stereocenters. The fraction of sp³-hybridized carbons (Fsp3) is 0.938. The molecule has 1 saturated heterocycles. The number of hydrogen-bond donors (Lipinski definition) is 1. The molecule has 0 bridgehead atoms. The van der Waals surface area contributed by atoms with Crippen molar-refractivity contribution in [3.63, 3.8) is 0 Å². The van der Waals surface area contributed by atoms with Crippen LogP contribution >= 0.6 is 0 Å². The predicted octanol–water partition coefficient (Wildman–Crippen LogP) is 3.09. The molecule has 2 rings (SSSR count). The van der Waals surface area contributed by atoms with Gasteiger partial charge in [0.25, 0.3) is 0 Å². The monoisotopic (exact) mass is 264 g/mol. The van der Waals surface area contributed by atoms with Gasteiger partial charge in [0.15, 0.2) is 0 Å². The van der Waals surface area contributed by atoms with E-state index in [9.17, 15) is 10.4 Å². The average molecular weight is 264 g/mol. The van der Waals surface area contributed by atoms with Gasteiger partial charge in [-0.2, -0.15) is 5.26 Å². The number of nitriles is 1. The van der Waals surface area contributed by atoms with E-state index in [4.69, 9.17) is 0 Å². The minimum Gasteiger partial charge on any atom is -0.388 e. The Balaban J connectivity index is 2.17. The third-order valence-corrected chi connectivity index (χ3v) is 5.42. The lowest BCUT2D eigenvalue weighted by Crippen LogP contribution is -2.48. The van der Waals surface area contributed by atoms with Gasteiger partial charge >= 0.3 is 0 Å². The van der Waals surface area contributed by atoms with E-state index >= 15 is 0 Å². The van der Waals surface area contributed by atoms with Crippen molar-refractivity contribution in [1.82, 2.24) is 4.90 Å². The fourth-order valence-electron chi connectivity index (χ4n) is 3.98. The van der Waals surface area contributed by atoms with E-state index in [-0.39, 0.29) is 0 Å². The summed E-state index contributed by atoms with van der Waals surface area (Å²) >= 11 is 0. The van der Waals surface area contributed by atoms with Crippen molar-refractivity contribution in [2.75, 3.05) is 19.6 Å². The summed E-state index contributed by atoms with van der Waals surface area (Å²) < 4.78 is 0. The van der Waals surface area contributed by atoms with Crippen LogP contribution in [0.1, 0.15) is 64.7 Å². The summed E-state index contributed by atoms with van der Waals surface area (Å²) in [5.74, 6) is 0. The standard InChI is InChI=1S/C16H28N2O/c1-2-18-12-7-10-16(19,11-13-18)15(14-17)8-5-3-4-6-9-15/h19H,2-13H2,1H3. The van der Waals surface area contributed by atoms with Gasteiger partial charge in [0.05, 0.1) is 17.1 Å². The quantitative estimate of drug-likeness (QED) is 0.780. The first-order valence-corrected chi connectivity index (χ1v) is 8.02. The number of aliphatic hydroxyl groups is 1. The van der Waals surface area contributed by atoms with Gasteiger partial charge in [0.2, 0.25) is 0 Å². The molecule has 1 aliphatic carbocycles. The van der Waals surface area contributed by atoms with Gasteiger partial charge in [-0.15, -0.1) is 0 Å². The van der Waals surface area contributed by atoms with Gasteiger partial charge in [-0.3, -0.25) is 0 Å². The van der Waals surface area contributed by atoms with Crippen LogP contribution < -0.4 is 0 Å². The lowest BCUT2D eigenvalue weighted by molar-refractivity contribution is -0.0737. The molecule has 0 spiro atoms. The molecule has 0 aromatic carbocycles. The normalized spacial score (nSPS) is 33.1. The van der Waals surface area contributed by atoms with E-state index in [1.54, 1.807) is 0 Å². The topological polar surface area (TPSA) is 47.3 Å². The Bertz CT molecular complexity index is 328. The highest BCUT2D eigenvalue weighted by Gasteiger charge is 2.50. The smallest absolute Gasteiger partial charge is 0.0860 e. The maximum atomic E-state index is 11.2. The molecule has 108 valence electrons. The van der Waals surface area contributed by atoms with E-state index in [0.29, 0.717) is 0 Å². The van der Waals surface area contributed by atoms with Crippen molar-refractivity contribution in [3.8, 4) is 6.07 Å². The summed E-state index contributed by atoms with van der Waals surface area (Å²) in [4.78, 5) is 2.40. The van der Waals surface area contributed by atoms with Gasteiger partial charge in [0, 0.05) is 6.54 Å². The minimum atomic E-state index is -0.754. The van der Waals surface area contributed by atoms with Crippen molar-refractivity contribution in [2.24, 2.45) is 5.41 Å². The van der Waals surface area contributed by atoms with Crippen molar-refractivity contribution < 1.29 is 5.11 Å². The molecule has 19 heavy (non-hydrogen) atoms. The van der Waals surface area contributed by atoms with E-state index < -0.39 is 11.0 Å². The van der Waals surface area contributed by atoms with Crippen LogP contribution in [-0.2, 0) is 0 Å². The Kier molecular flexibility index (Phi) is 4.86. The number of hydrogen-bond acceptors (Lipinski definition) is 3. The molecule has 0 aromatic rings. The van der Waals surface area contributed by atoms with Gasteiger partial charge in [-0.1, -0.05) is 32.6 Å². The van der Waals surface area contributed by atoms with Crippen molar-refractivity contribution in [2.45, 2.75) is 70.3 Å². The SMILES string of the molecule is CCN1CCCC(O)(C2(C#N)CCCCCC2)CC1. The van der Waals surface area contributed by atoms with Crippen molar-refractivity contribution in [3.05, 3.63) is 0 Å². The first kappa shape index (κ1) is 14.8. The fourth-order valence-corrected chi connectivity index (χ4v) is 3.98. The molecule has 1 N–H and O–H groups in total. The second kappa shape index (κ2) is 6.24. The Morgan fingerprint density at radius 2 is 1.68 bits per heavy atom. The molecule has 1 aliphatic heterocycles. The molecular weight excluding hydrogens is 236 g/mol. The van der Waals surface area contributed by atoms with Crippen LogP contribution in [0, 0.1) is 16.7 Å². The van der Waals surface area contributed by atoms with Crippen LogP contribution in [0.3, 0.4) is 0 Å². The highest BCUT2D eigenvalue weighted by molar-refractivity contribution is 5.12. The van der Waals surface area contributed by atoms with E-state index in [0.717, 1.165) is 64.6 Å². The molecule has 1 heterocycles.